The zero-order valence-corrected chi connectivity index (χ0v) is 14.0. The van der Waals surface area contributed by atoms with E-state index in [2.05, 4.69) is 41.2 Å². The monoisotopic (exact) mass is 313 g/mol. The maximum atomic E-state index is 9.53. The van der Waals surface area contributed by atoms with Crippen molar-refractivity contribution in [2.24, 2.45) is 0 Å². The van der Waals surface area contributed by atoms with Crippen molar-refractivity contribution >= 4 is 11.3 Å². The smallest absolute Gasteiger partial charge is 0.129 e. The van der Waals surface area contributed by atoms with Crippen molar-refractivity contribution in [3.8, 4) is 11.8 Å². The molecule has 0 radical (unpaired) electrons. The average molecular weight is 313 g/mol. The molecule has 0 bridgehead atoms. The molecule has 116 valence electrons. The first-order valence-corrected chi connectivity index (χ1v) is 9.08. The molecular weight excluding hydrogens is 290 g/mol. The molecule has 1 aliphatic rings. The van der Waals surface area contributed by atoms with Crippen LogP contribution in [0.1, 0.15) is 53.6 Å². The second kappa shape index (κ2) is 7.13. The molecule has 2 heterocycles. The van der Waals surface area contributed by atoms with Gasteiger partial charge in [0.1, 0.15) is 10.9 Å². The number of hydrogen-bond donors (Lipinski definition) is 1. The lowest BCUT2D eigenvalue weighted by atomic mass is 9.97. The molecule has 0 amide bonds. The van der Waals surface area contributed by atoms with E-state index in [1.807, 2.05) is 0 Å². The Bertz CT molecular complexity index is 675. The Labute approximate surface area is 136 Å². The van der Waals surface area contributed by atoms with Gasteiger partial charge in [0.15, 0.2) is 0 Å². The van der Waals surface area contributed by atoms with Crippen LogP contribution in [0.25, 0.3) is 5.69 Å². The molecule has 3 rings (SSSR count). The number of aromatic nitrogens is 1. The quantitative estimate of drug-likeness (QED) is 0.813. The van der Waals surface area contributed by atoms with Gasteiger partial charge in [-0.05, 0) is 56.3 Å². The predicted molar refractivity (Wildman–Crippen MR) is 91.6 cm³/mol. The van der Waals surface area contributed by atoms with Gasteiger partial charge in [-0.2, -0.15) is 5.26 Å². The first-order valence-electron chi connectivity index (χ1n) is 8.27. The molecule has 1 aliphatic carbocycles. The van der Waals surface area contributed by atoms with Crippen molar-refractivity contribution in [3.63, 3.8) is 0 Å². The lowest BCUT2D eigenvalue weighted by Crippen LogP contribution is -2.17. The Morgan fingerprint density at radius 2 is 2.23 bits per heavy atom. The third-order valence-electron chi connectivity index (χ3n) is 4.33. The summed E-state index contributed by atoms with van der Waals surface area (Å²) < 4.78 is 2.23. The van der Waals surface area contributed by atoms with Gasteiger partial charge < -0.3 is 9.88 Å². The second-order valence-electron chi connectivity index (χ2n) is 5.90. The fourth-order valence-corrected chi connectivity index (χ4v) is 4.36. The number of unbranched alkanes of at least 4 members (excludes halogenated alkanes) is 1. The van der Waals surface area contributed by atoms with Crippen molar-refractivity contribution in [2.75, 3.05) is 6.54 Å². The molecule has 0 unspecified atom stereocenters. The lowest BCUT2D eigenvalue weighted by molar-refractivity contribution is 0.626. The summed E-state index contributed by atoms with van der Waals surface area (Å²) >= 11 is 1.70. The third-order valence-corrected chi connectivity index (χ3v) is 5.52. The van der Waals surface area contributed by atoms with Gasteiger partial charge in [-0.3, -0.25) is 0 Å². The lowest BCUT2D eigenvalue weighted by Gasteiger charge is -2.15. The Morgan fingerprint density at radius 1 is 1.36 bits per heavy atom. The summed E-state index contributed by atoms with van der Waals surface area (Å²) in [7, 11) is 0. The van der Waals surface area contributed by atoms with E-state index in [4.69, 9.17) is 0 Å². The largest absolute Gasteiger partial charge is 0.317 e. The van der Waals surface area contributed by atoms with Crippen molar-refractivity contribution in [1.29, 1.82) is 5.26 Å². The first-order chi connectivity index (χ1) is 10.8. The van der Waals surface area contributed by atoms with E-state index in [9.17, 15) is 5.26 Å². The van der Waals surface area contributed by atoms with Crippen molar-refractivity contribution in [2.45, 2.75) is 52.0 Å². The summed E-state index contributed by atoms with van der Waals surface area (Å²) in [6, 6.07) is 6.67. The number of aryl methyl sites for hydroxylation is 1. The first kappa shape index (κ1) is 15.3. The van der Waals surface area contributed by atoms with Crippen LogP contribution >= 0.6 is 11.3 Å². The summed E-state index contributed by atoms with van der Waals surface area (Å²) in [4.78, 5) is 2.30. The van der Waals surface area contributed by atoms with E-state index < -0.39 is 0 Å². The Morgan fingerprint density at radius 3 is 3.05 bits per heavy atom. The second-order valence-corrected chi connectivity index (χ2v) is 7.01. The fourth-order valence-electron chi connectivity index (χ4n) is 3.18. The average Bonchev–Trinajstić information content (AvgIpc) is 3.14. The van der Waals surface area contributed by atoms with Crippen molar-refractivity contribution in [3.05, 3.63) is 39.3 Å². The normalized spacial score (nSPS) is 13.8. The van der Waals surface area contributed by atoms with Crippen LogP contribution in [0.15, 0.2) is 18.3 Å². The SMILES string of the molecule is CCCCNCc1cccn1-c1c(C#N)sc2c1CCCC2. The van der Waals surface area contributed by atoms with Gasteiger partial charge in [0.05, 0.1) is 5.69 Å². The Kier molecular flexibility index (Phi) is 4.97. The number of thiophene rings is 1. The summed E-state index contributed by atoms with van der Waals surface area (Å²) in [5.41, 5.74) is 3.82. The van der Waals surface area contributed by atoms with E-state index in [0.29, 0.717) is 0 Å². The van der Waals surface area contributed by atoms with Crippen LogP contribution in [-0.2, 0) is 19.4 Å². The molecule has 0 saturated carbocycles. The van der Waals surface area contributed by atoms with Crippen molar-refractivity contribution in [1.82, 2.24) is 9.88 Å². The minimum absolute atomic E-state index is 0.864. The van der Waals surface area contributed by atoms with Gasteiger partial charge in [-0.25, -0.2) is 0 Å². The zero-order chi connectivity index (χ0) is 15.4. The van der Waals surface area contributed by atoms with E-state index in [1.54, 1.807) is 11.3 Å². The van der Waals surface area contributed by atoms with Crippen LogP contribution in [0.2, 0.25) is 0 Å². The van der Waals surface area contributed by atoms with Crippen LogP contribution in [0.4, 0.5) is 0 Å². The van der Waals surface area contributed by atoms with E-state index in [0.717, 1.165) is 36.5 Å². The summed E-state index contributed by atoms with van der Waals surface area (Å²) in [6.45, 7) is 4.12. The van der Waals surface area contributed by atoms with Crippen LogP contribution in [0.5, 0.6) is 0 Å². The zero-order valence-electron chi connectivity index (χ0n) is 13.2. The topological polar surface area (TPSA) is 40.8 Å². The highest BCUT2D eigenvalue weighted by Crippen LogP contribution is 2.37. The number of fused-ring (bicyclic) bond motifs is 1. The molecule has 0 saturated heterocycles. The molecule has 0 atom stereocenters. The van der Waals surface area contributed by atoms with Gasteiger partial charge in [-0.15, -0.1) is 11.3 Å². The van der Waals surface area contributed by atoms with Gasteiger partial charge >= 0.3 is 0 Å². The Hall–Kier alpha value is -1.57. The fraction of sp³-hybridized carbons (Fsp3) is 0.500. The summed E-state index contributed by atoms with van der Waals surface area (Å²) in [5.74, 6) is 0. The molecule has 0 fully saturated rings. The number of nitriles is 1. The molecule has 22 heavy (non-hydrogen) atoms. The van der Waals surface area contributed by atoms with E-state index in [-0.39, 0.29) is 0 Å². The molecule has 1 N–H and O–H groups in total. The Balaban J connectivity index is 1.90. The molecule has 4 heteroatoms. The minimum Gasteiger partial charge on any atom is -0.317 e. The van der Waals surface area contributed by atoms with Gasteiger partial charge in [0, 0.05) is 23.3 Å². The molecule has 0 aromatic carbocycles. The van der Waals surface area contributed by atoms with Crippen LogP contribution in [0.3, 0.4) is 0 Å². The minimum atomic E-state index is 0.864. The highest BCUT2D eigenvalue weighted by molar-refractivity contribution is 7.13. The van der Waals surface area contributed by atoms with Gasteiger partial charge in [-0.1, -0.05) is 13.3 Å². The number of nitrogens with zero attached hydrogens (tertiary/aromatic N) is 2. The van der Waals surface area contributed by atoms with E-state index >= 15 is 0 Å². The van der Waals surface area contributed by atoms with Crippen molar-refractivity contribution < 1.29 is 0 Å². The number of rotatable bonds is 6. The molecule has 3 nitrogen and oxygen atoms in total. The van der Waals surface area contributed by atoms with Gasteiger partial charge in [0.25, 0.3) is 0 Å². The predicted octanol–water partition coefficient (Wildman–Crippen LogP) is 4.18. The van der Waals surface area contributed by atoms with Crippen LogP contribution in [-0.4, -0.2) is 11.1 Å². The molecular formula is C18H23N3S. The molecule has 0 aliphatic heterocycles. The number of nitrogens with one attached hydrogen (secondary N) is 1. The molecule has 2 aromatic heterocycles. The highest BCUT2D eigenvalue weighted by atomic mass is 32.1. The van der Waals surface area contributed by atoms with Gasteiger partial charge in [0.2, 0.25) is 0 Å². The highest BCUT2D eigenvalue weighted by Gasteiger charge is 2.22. The van der Waals surface area contributed by atoms with Crippen LogP contribution < -0.4 is 5.32 Å². The third kappa shape index (κ3) is 2.97. The van der Waals surface area contributed by atoms with Crippen LogP contribution in [0, 0.1) is 11.3 Å². The number of hydrogen-bond acceptors (Lipinski definition) is 3. The van der Waals surface area contributed by atoms with E-state index in [1.165, 1.54) is 41.8 Å². The standard InChI is InChI=1S/C18H23N3S/c1-2-3-10-20-13-14-7-6-11-21(14)18-15-8-4-5-9-16(15)22-17(18)12-19/h6-7,11,20H,2-5,8-10,13H2,1H3. The molecule has 0 spiro atoms. The maximum absolute atomic E-state index is 9.53. The maximum Gasteiger partial charge on any atom is 0.129 e. The summed E-state index contributed by atoms with van der Waals surface area (Å²) in [6.07, 6.45) is 9.28. The summed E-state index contributed by atoms with van der Waals surface area (Å²) in [5, 5.41) is 13.0. The molecule has 2 aromatic rings.